The van der Waals surface area contributed by atoms with Gasteiger partial charge in [0.15, 0.2) is 0 Å². The first kappa shape index (κ1) is 13.5. The first-order chi connectivity index (χ1) is 9.58. The van der Waals surface area contributed by atoms with Gasteiger partial charge in [0.05, 0.1) is 9.85 Å². The number of nitro groups is 2. The van der Waals surface area contributed by atoms with Crippen LogP contribution < -0.4 is 5.32 Å². The van der Waals surface area contributed by atoms with Crippen LogP contribution in [0, 0.1) is 20.2 Å². The van der Waals surface area contributed by atoms with Crippen LogP contribution in [0.1, 0.15) is 5.56 Å². The van der Waals surface area contributed by atoms with E-state index in [4.69, 9.17) is 0 Å². The van der Waals surface area contributed by atoms with E-state index in [0.29, 0.717) is 11.3 Å². The van der Waals surface area contributed by atoms with Crippen molar-refractivity contribution in [3.8, 4) is 0 Å². The quantitative estimate of drug-likeness (QED) is 0.666. The molecule has 2 aromatic rings. The van der Waals surface area contributed by atoms with Crippen LogP contribution in [0.5, 0.6) is 0 Å². The fourth-order valence-electron chi connectivity index (χ4n) is 1.74. The molecule has 2 aromatic carbocycles. The molecule has 0 spiro atoms. The molecule has 0 atom stereocenters. The van der Waals surface area contributed by atoms with Crippen molar-refractivity contribution in [2.75, 3.05) is 5.32 Å². The average Bonchev–Trinajstić information content (AvgIpc) is 2.45. The molecule has 7 nitrogen and oxygen atoms in total. The Hall–Kier alpha value is -2.96. The van der Waals surface area contributed by atoms with E-state index in [1.54, 1.807) is 30.3 Å². The van der Waals surface area contributed by atoms with Crippen molar-refractivity contribution in [1.29, 1.82) is 0 Å². The van der Waals surface area contributed by atoms with Crippen molar-refractivity contribution >= 4 is 17.1 Å². The summed E-state index contributed by atoms with van der Waals surface area (Å²) in [5.41, 5.74) is 1.26. The van der Waals surface area contributed by atoms with Gasteiger partial charge in [-0.2, -0.15) is 0 Å². The first-order valence-corrected chi connectivity index (χ1v) is 5.78. The molecule has 102 valence electrons. The van der Waals surface area contributed by atoms with Gasteiger partial charge in [0, 0.05) is 36.0 Å². The summed E-state index contributed by atoms with van der Waals surface area (Å²) in [4.78, 5) is 20.5. The highest BCUT2D eigenvalue weighted by Gasteiger charge is 2.11. The third-order valence-corrected chi connectivity index (χ3v) is 2.75. The van der Waals surface area contributed by atoms with Crippen LogP contribution in [0.4, 0.5) is 17.1 Å². The summed E-state index contributed by atoms with van der Waals surface area (Å²) in [5.74, 6) is 0. The molecule has 0 aliphatic carbocycles. The number of nitrogens with one attached hydrogen (secondary N) is 1. The number of rotatable bonds is 5. The second-order valence-electron chi connectivity index (χ2n) is 4.04. The molecule has 0 aromatic heterocycles. The summed E-state index contributed by atoms with van der Waals surface area (Å²) in [6.07, 6.45) is 0. The van der Waals surface area contributed by atoms with Gasteiger partial charge >= 0.3 is 0 Å². The Bertz CT molecular complexity index is 640. The zero-order valence-electron chi connectivity index (χ0n) is 10.4. The van der Waals surface area contributed by atoms with E-state index in [-0.39, 0.29) is 17.9 Å². The van der Waals surface area contributed by atoms with E-state index < -0.39 is 9.85 Å². The lowest BCUT2D eigenvalue weighted by Gasteiger charge is -2.06. The van der Waals surface area contributed by atoms with Crippen molar-refractivity contribution in [3.05, 3.63) is 74.3 Å². The van der Waals surface area contributed by atoms with Crippen LogP contribution >= 0.6 is 0 Å². The topological polar surface area (TPSA) is 98.3 Å². The van der Waals surface area contributed by atoms with E-state index in [0.717, 1.165) is 0 Å². The number of non-ortho nitro benzene ring substituents is 1. The Morgan fingerprint density at radius 3 is 2.15 bits per heavy atom. The van der Waals surface area contributed by atoms with Gasteiger partial charge in [0.1, 0.15) is 0 Å². The Morgan fingerprint density at radius 2 is 1.55 bits per heavy atom. The van der Waals surface area contributed by atoms with Crippen LogP contribution in [0.2, 0.25) is 0 Å². The van der Waals surface area contributed by atoms with Crippen LogP contribution in [-0.4, -0.2) is 9.85 Å². The molecule has 0 aliphatic heterocycles. The van der Waals surface area contributed by atoms with Gasteiger partial charge in [-0.3, -0.25) is 20.2 Å². The van der Waals surface area contributed by atoms with E-state index >= 15 is 0 Å². The molecule has 0 unspecified atom stereocenters. The van der Waals surface area contributed by atoms with Crippen molar-refractivity contribution in [1.82, 2.24) is 0 Å². The highest BCUT2D eigenvalue weighted by atomic mass is 16.6. The van der Waals surface area contributed by atoms with Gasteiger partial charge in [-0.1, -0.05) is 18.2 Å². The molecule has 0 aliphatic rings. The van der Waals surface area contributed by atoms with Crippen molar-refractivity contribution in [2.24, 2.45) is 0 Å². The summed E-state index contributed by atoms with van der Waals surface area (Å²) >= 11 is 0. The standard InChI is InChI=1S/C13H11N3O4/c17-15(18)12-7-5-11(6-8-12)14-9-10-3-1-2-4-13(10)16(19)20/h1-8,14H,9H2. The predicted molar refractivity (Wildman–Crippen MR) is 73.5 cm³/mol. The molecule has 0 fully saturated rings. The minimum Gasteiger partial charge on any atom is -0.381 e. The SMILES string of the molecule is O=[N+]([O-])c1ccc(NCc2ccccc2[N+](=O)[O-])cc1. The highest BCUT2D eigenvalue weighted by Crippen LogP contribution is 2.20. The van der Waals surface area contributed by atoms with E-state index in [1.807, 2.05) is 0 Å². The molecule has 0 saturated heterocycles. The monoisotopic (exact) mass is 273 g/mol. The maximum atomic E-state index is 10.9. The number of anilines is 1. The largest absolute Gasteiger partial charge is 0.381 e. The summed E-state index contributed by atoms with van der Waals surface area (Å²) in [5, 5.41) is 24.4. The third kappa shape index (κ3) is 3.08. The fraction of sp³-hybridized carbons (Fsp3) is 0.0769. The van der Waals surface area contributed by atoms with Crippen LogP contribution in [0.15, 0.2) is 48.5 Å². The molecular formula is C13H11N3O4. The average molecular weight is 273 g/mol. The second-order valence-corrected chi connectivity index (χ2v) is 4.04. The van der Waals surface area contributed by atoms with Gasteiger partial charge in [-0.15, -0.1) is 0 Å². The normalized spacial score (nSPS) is 10.0. The lowest BCUT2D eigenvalue weighted by molar-refractivity contribution is -0.385. The number of hydrogen-bond donors (Lipinski definition) is 1. The van der Waals surface area contributed by atoms with Gasteiger partial charge in [0.25, 0.3) is 11.4 Å². The number of nitrogens with zero attached hydrogens (tertiary/aromatic N) is 2. The Kier molecular flexibility index (Phi) is 3.90. The Labute approximate surface area is 114 Å². The number of para-hydroxylation sites is 1. The van der Waals surface area contributed by atoms with Gasteiger partial charge < -0.3 is 5.32 Å². The second kappa shape index (κ2) is 5.79. The van der Waals surface area contributed by atoms with Gasteiger partial charge in [0.2, 0.25) is 0 Å². The summed E-state index contributed by atoms with van der Waals surface area (Å²) in [6, 6.07) is 12.3. The molecule has 0 saturated carbocycles. The summed E-state index contributed by atoms with van der Waals surface area (Å²) in [6.45, 7) is 0.273. The van der Waals surface area contributed by atoms with Crippen LogP contribution in [0.3, 0.4) is 0 Å². The molecule has 7 heteroatoms. The van der Waals surface area contributed by atoms with Crippen molar-refractivity contribution < 1.29 is 9.85 Å². The molecular weight excluding hydrogens is 262 g/mol. The summed E-state index contributed by atoms with van der Waals surface area (Å²) < 4.78 is 0. The van der Waals surface area contributed by atoms with Crippen molar-refractivity contribution in [3.63, 3.8) is 0 Å². The minimum absolute atomic E-state index is 0.00115. The Balaban J connectivity index is 2.09. The zero-order chi connectivity index (χ0) is 14.5. The third-order valence-electron chi connectivity index (χ3n) is 2.75. The first-order valence-electron chi connectivity index (χ1n) is 5.78. The molecule has 20 heavy (non-hydrogen) atoms. The van der Waals surface area contributed by atoms with E-state index in [2.05, 4.69) is 5.32 Å². The molecule has 0 radical (unpaired) electrons. The number of hydrogen-bond acceptors (Lipinski definition) is 5. The smallest absolute Gasteiger partial charge is 0.274 e. The summed E-state index contributed by atoms with van der Waals surface area (Å²) in [7, 11) is 0. The minimum atomic E-state index is -0.480. The molecule has 0 heterocycles. The maximum absolute atomic E-state index is 10.9. The highest BCUT2D eigenvalue weighted by molar-refractivity contribution is 5.50. The fourth-order valence-corrected chi connectivity index (χ4v) is 1.74. The lowest BCUT2D eigenvalue weighted by atomic mass is 10.1. The zero-order valence-corrected chi connectivity index (χ0v) is 10.4. The van der Waals surface area contributed by atoms with Crippen molar-refractivity contribution in [2.45, 2.75) is 6.54 Å². The number of benzene rings is 2. The molecule has 2 rings (SSSR count). The van der Waals surface area contributed by atoms with E-state index in [9.17, 15) is 20.2 Å². The molecule has 0 bridgehead atoms. The van der Waals surface area contributed by atoms with Gasteiger partial charge in [-0.05, 0) is 12.1 Å². The van der Waals surface area contributed by atoms with E-state index in [1.165, 1.54) is 18.2 Å². The van der Waals surface area contributed by atoms with Crippen LogP contribution in [-0.2, 0) is 6.54 Å². The van der Waals surface area contributed by atoms with Gasteiger partial charge in [-0.25, -0.2) is 0 Å². The lowest BCUT2D eigenvalue weighted by Crippen LogP contribution is -2.03. The molecule has 1 N–H and O–H groups in total. The molecule has 0 amide bonds. The maximum Gasteiger partial charge on any atom is 0.274 e. The number of nitro benzene ring substituents is 2. The van der Waals surface area contributed by atoms with Crippen LogP contribution in [0.25, 0.3) is 0 Å². The Morgan fingerprint density at radius 1 is 0.900 bits per heavy atom. The predicted octanol–water partition coefficient (Wildman–Crippen LogP) is 3.12.